The van der Waals surface area contributed by atoms with Crippen LogP contribution in [0.1, 0.15) is 166 Å². The third-order valence-corrected chi connectivity index (χ3v) is 23.1. The van der Waals surface area contributed by atoms with Gasteiger partial charge < -0.3 is 29.9 Å². The monoisotopic (exact) mass is 1450 g/mol. The molecule has 0 aliphatic carbocycles. The van der Waals surface area contributed by atoms with Gasteiger partial charge >= 0.3 is 23.1 Å². The van der Waals surface area contributed by atoms with E-state index in [-0.39, 0.29) is 61.0 Å². The van der Waals surface area contributed by atoms with Crippen LogP contribution < -0.4 is 9.97 Å². The third kappa shape index (κ3) is 16.3. The molecule has 2 aliphatic rings. The minimum Gasteiger partial charge on any atom is -0.357 e. The second kappa shape index (κ2) is 25.3. The second-order valence-electron chi connectivity index (χ2n) is 32.1. The third-order valence-electron chi connectivity index (χ3n) is 13.8. The quantitative estimate of drug-likeness (QED) is 0.102. The summed E-state index contributed by atoms with van der Waals surface area (Å²) in [5, 5.41) is 9.71. The SMILES string of the molecule is CC(C)(C)Sc1nc2cc3c(cc2nc1SC(C)(C)C)-c1nc-3nc2[n-]c(nc3nc(nc4[n-]c(n1)c1cc5nc(SC(C)(C)C)c(SC(C)(C)C)nc5cc41)-c1cc4nc(SC(C)(C)C)c(SC(C)(C)C)nc4cc1-3)c1cc3nc(SC(C)(C)C)c(SC(C)(C)C)nc3cc21.[Mg+2]. The number of thioether (sulfide) groups is 8. The van der Waals surface area contributed by atoms with Crippen LogP contribution in [0.15, 0.2) is 88.7 Å². The summed E-state index contributed by atoms with van der Waals surface area (Å²) in [6.07, 6.45) is 0. The van der Waals surface area contributed by atoms with Gasteiger partial charge in [-0.05, 0) is 70.1 Å². The van der Waals surface area contributed by atoms with Gasteiger partial charge in [0.15, 0.2) is 0 Å². The summed E-state index contributed by atoms with van der Waals surface area (Å²) in [4.78, 5) is 87.1. The molecule has 2 aliphatic heterocycles. The van der Waals surface area contributed by atoms with Crippen molar-refractivity contribution in [1.82, 2.24) is 79.7 Å². The van der Waals surface area contributed by atoms with Crippen LogP contribution in [0.25, 0.3) is 134 Å². The van der Waals surface area contributed by atoms with E-state index in [1.807, 2.05) is 48.5 Å². The van der Waals surface area contributed by atoms with Gasteiger partial charge in [-0.2, -0.15) is 0 Å². The van der Waals surface area contributed by atoms with Crippen molar-refractivity contribution >= 4 is 205 Å². The molecule has 0 radical (unpaired) electrons. The van der Waals surface area contributed by atoms with Gasteiger partial charge in [0.2, 0.25) is 0 Å². The average molecular weight is 1450 g/mol. The Morgan fingerprint density at radius 1 is 0.206 bits per heavy atom. The maximum Gasteiger partial charge on any atom is 2.00 e. The summed E-state index contributed by atoms with van der Waals surface area (Å²) in [7, 11) is 0. The van der Waals surface area contributed by atoms with Gasteiger partial charge in [0.1, 0.15) is 40.2 Å². The molecule has 0 N–H and O–H groups in total. The number of hydrogen-bond acceptors (Lipinski definition) is 22. The molecular weight excluding hydrogens is 1370 g/mol. The van der Waals surface area contributed by atoms with E-state index in [0.717, 1.165) is 40.2 Å². The number of nitrogens with zero attached hydrogens (tertiary/aromatic N) is 16. The Labute approximate surface area is 617 Å². The summed E-state index contributed by atoms with van der Waals surface area (Å²) >= 11 is 13.7. The van der Waals surface area contributed by atoms with E-state index in [0.29, 0.717) is 134 Å². The maximum absolute atomic E-state index is 5.52. The van der Waals surface area contributed by atoms with Crippen molar-refractivity contribution in [3.05, 3.63) is 48.5 Å². The van der Waals surface area contributed by atoms with Gasteiger partial charge in [-0.15, -0.1) is 0 Å². The number of aromatic nitrogens is 16. The van der Waals surface area contributed by atoms with Crippen LogP contribution in [0.2, 0.25) is 0 Å². The zero-order valence-corrected chi connectivity index (χ0v) is 67.7. The summed E-state index contributed by atoms with van der Waals surface area (Å²) in [6.45, 7) is 52.8. The van der Waals surface area contributed by atoms with Gasteiger partial charge in [-0.1, -0.05) is 260 Å². The molecule has 0 saturated carbocycles. The zero-order chi connectivity index (χ0) is 69.1. The van der Waals surface area contributed by atoms with Crippen molar-refractivity contribution in [2.45, 2.75) is 244 Å². The van der Waals surface area contributed by atoms with Crippen LogP contribution in [-0.4, -0.2) is 131 Å². The Kier molecular flexibility index (Phi) is 18.8. The molecule has 8 bridgehead atoms. The molecule has 13 rings (SSSR count). The molecule has 0 unspecified atom stereocenters. The normalized spacial score (nSPS) is 13.6. The Balaban J connectivity index is 0.00000897. The van der Waals surface area contributed by atoms with Gasteiger partial charge in [-0.3, -0.25) is 0 Å². The first-order valence-electron chi connectivity index (χ1n) is 32.0. The second-order valence-corrected chi connectivity index (χ2v) is 46.6. The van der Waals surface area contributed by atoms with E-state index in [2.05, 4.69) is 166 Å². The molecule has 0 amide bonds. The first-order valence-corrected chi connectivity index (χ1v) is 38.6. The van der Waals surface area contributed by atoms with E-state index in [4.69, 9.17) is 79.7 Å². The van der Waals surface area contributed by atoms with Crippen molar-refractivity contribution < 1.29 is 0 Å². The van der Waals surface area contributed by atoms with Crippen LogP contribution in [0.5, 0.6) is 0 Å². The summed E-state index contributed by atoms with van der Waals surface area (Å²) < 4.78 is -1.17. The van der Waals surface area contributed by atoms with Gasteiger partial charge in [0.25, 0.3) is 0 Å². The molecular formula is C72H80MgN16S8. The molecule has 0 spiro atoms. The van der Waals surface area contributed by atoms with Crippen LogP contribution in [-0.2, 0) is 0 Å². The van der Waals surface area contributed by atoms with Crippen LogP contribution in [0.4, 0.5) is 0 Å². The van der Waals surface area contributed by atoms with Gasteiger partial charge in [0, 0.05) is 82.8 Å². The molecule has 4 aromatic carbocycles. The Morgan fingerprint density at radius 3 is 0.495 bits per heavy atom. The molecule has 11 aromatic rings. The molecule has 7 aromatic heterocycles. The number of fused-ring (bicyclic) bond motifs is 24. The fourth-order valence-corrected chi connectivity index (χ4v) is 18.4. The molecule has 25 heteroatoms. The maximum atomic E-state index is 5.52. The molecule has 97 heavy (non-hydrogen) atoms. The van der Waals surface area contributed by atoms with Crippen molar-refractivity contribution in [3.8, 4) is 45.6 Å². The fourth-order valence-electron chi connectivity index (χ4n) is 10.6. The van der Waals surface area contributed by atoms with Crippen molar-refractivity contribution in [1.29, 1.82) is 0 Å². The molecule has 9 heterocycles. The number of hydrogen-bond donors (Lipinski definition) is 0. The minimum absolute atomic E-state index is 0. The van der Waals surface area contributed by atoms with E-state index >= 15 is 0 Å². The molecule has 498 valence electrons. The Morgan fingerprint density at radius 2 is 0.351 bits per heavy atom. The first-order chi connectivity index (χ1) is 44.4. The van der Waals surface area contributed by atoms with Crippen LogP contribution >= 0.6 is 94.1 Å². The van der Waals surface area contributed by atoms with Crippen molar-refractivity contribution in [3.63, 3.8) is 0 Å². The molecule has 16 nitrogen and oxygen atoms in total. The number of rotatable bonds is 8. The van der Waals surface area contributed by atoms with E-state index in [1.165, 1.54) is 0 Å². The van der Waals surface area contributed by atoms with Crippen molar-refractivity contribution in [2.75, 3.05) is 0 Å². The van der Waals surface area contributed by atoms with Gasteiger partial charge in [0.05, 0.1) is 67.4 Å². The largest absolute Gasteiger partial charge is 2.00 e. The first kappa shape index (κ1) is 72.0. The Hall–Kier alpha value is -4.83. The van der Waals surface area contributed by atoms with E-state index in [1.54, 1.807) is 94.1 Å². The fraction of sp³-hybridized carbons (Fsp3) is 0.444. The predicted molar refractivity (Wildman–Crippen MR) is 417 cm³/mol. The summed E-state index contributed by atoms with van der Waals surface area (Å²) in [6, 6.07) is 16.4. The van der Waals surface area contributed by atoms with Crippen LogP contribution in [0.3, 0.4) is 0 Å². The zero-order valence-electron chi connectivity index (χ0n) is 59.7. The number of benzene rings is 4. The smallest absolute Gasteiger partial charge is 0.357 e. The standard InChI is InChI=1S/C72H80N16S8.Mg/c1-65(2,3)89-57-58(90-66(4,5)6)74-42-26-34-33(25-41(42)73-57)49-81-50(34)86-52-37-29-45-46(78-62(94-70(16,17)18)61(77-45)93-69(13,14)15)30-38(37)54(83-52)88-56-40-32-48-47(79-63(95-71(19,20)21)64(80-48)96-72(22,23)24)31-39(40)55(84-56)87-53-36-28-44-43(27-35(36)51(82-53)85-49)75-59(91-67(7,8)9)60(76-44)92-68(10,11)12;/h25-32H,1-24H3;/q-2;+2. The molecule has 0 fully saturated rings. The van der Waals surface area contributed by atoms with E-state index in [9.17, 15) is 0 Å². The minimum atomic E-state index is -0.147. The van der Waals surface area contributed by atoms with Crippen LogP contribution in [0, 0.1) is 0 Å². The van der Waals surface area contributed by atoms with E-state index < -0.39 is 0 Å². The summed E-state index contributed by atoms with van der Waals surface area (Å²) in [5.41, 5.74) is 9.99. The van der Waals surface area contributed by atoms with Gasteiger partial charge in [-0.25, -0.2) is 49.8 Å². The topological polar surface area (TPSA) is 209 Å². The average Bonchev–Trinajstić information content (AvgIpc) is 1.65. The van der Waals surface area contributed by atoms with Crippen molar-refractivity contribution in [2.24, 2.45) is 0 Å². The molecule has 0 atom stereocenters. The summed E-state index contributed by atoms with van der Waals surface area (Å²) in [5.74, 6) is 1.55. The molecule has 0 saturated heterocycles. The predicted octanol–water partition coefficient (Wildman–Crippen LogP) is 20.6. The Bertz CT molecular complexity index is 4610.